The molecule has 0 bridgehead atoms. The Morgan fingerprint density at radius 1 is 1.17 bits per heavy atom. The summed E-state index contributed by atoms with van der Waals surface area (Å²) in [6.07, 6.45) is 6.46. The van der Waals surface area contributed by atoms with Crippen molar-refractivity contribution in [2.75, 3.05) is 13.1 Å². The van der Waals surface area contributed by atoms with Crippen LogP contribution in [0, 0.1) is 5.92 Å². The molecule has 128 valence electrons. The zero-order valence-electron chi connectivity index (χ0n) is 13.1. The first kappa shape index (κ1) is 18.2. The Kier molecular flexibility index (Phi) is 6.87. The summed E-state index contributed by atoms with van der Waals surface area (Å²) in [6, 6.07) is 6.08. The first-order chi connectivity index (χ1) is 11.0. The molecule has 1 aromatic carbocycles. The summed E-state index contributed by atoms with van der Waals surface area (Å²) in [5, 5.41) is 3.14. The molecular weight excluding hydrogens is 336 g/mol. The second-order valence-corrected chi connectivity index (χ2v) is 8.12. The number of hydrogen-bond acceptors (Lipinski definition) is 3. The molecule has 0 atom stereocenters. The maximum Gasteiger partial charge on any atom is 0.240 e. The van der Waals surface area contributed by atoms with E-state index in [1.165, 1.54) is 31.4 Å². The fourth-order valence-corrected chi connectivity index (χ4v) is 4.16. The van der Waals surface area contributed by atoms with Gasteiger partial charge in [-0.3, -0.25) is 4.79 Å². The summed E-state index contributed by atoms with van der Waals surface area (Å²) in [7, 11) is -3.59. The van der Waals surface area contributed by atoms with E-state index in [9.17, 15) is 13.2 Å². The third-order valence-electron chi connectivity index (χ3n) is 4.04. The highest BCUT2D eigenvalue weighted by Gasteiger charge is 2.17. The van der Waals surface area contributed by atoms with Crippen molar-refractivity contribution in [3.8, 4) is 0 Å². The number of rotatable bonds is 7. The van der Waals surface area contributed by atoms with Crippen LogP contribution in [-0.2, 0) is 14.8 Å². The number of sulfonamides is 1. The van der Waals surface area contributed by atoms with Gasteiger partial charge in [-0.25, -0.2) is 13.1 Å². The Labute approximate surface area is 142 Å². The van der Waals surface area contributed by atoms with Crippen LogP contribution in [-0.4, -0.2) is 27.4 Å². The lowest BCUT2D eigenvalue weighted by Crippen LogP contribution is -2.35. The van der Waals surface area contributed by atoms with Gasteiger partial charge in [0.25, 0.3) is 0 Å². The molecule has 0 heterocycles. The van der Waals surface area contributed by atoms with Crippen LogP contribution >= 0.6 is 11.6 Å². The number of hydrogen-bond donors (Lipinski definition) is 2. The highest BCUT2D eigenvalue weighted by molar-refractivity contribution is 7.89. The minimum Gasteiger partial charge on any atom is -0.355 e. The van der Waals surface area contributed by atoms with Crippen molar-refractivity contribution in [3.63, 3.8) is 0 Å². The first-order valence-corrected chi connectivity index (χ1v) is 9.85. The Morgan fingerprint density at radius 3 is 2.61 bits per heavy atom. The van der Waals surface area contributed by atoms with Gasteiger partial charge in [0.2, 0.25) is 15.9 Å². The van der Waals surface area contributed by atoms with Gasteiger partial charge in [-0.05, 0) is 37.0 Å². The molecule has 7 heteroatoms. The van der Waals surface area contributed by atoms with Crippen molar-refractivity contribution in [3.05, 3.63) is 29.3 Å². The monoisotopic (exact) mass is 358 g/mol. The first-order valence-electron chi connectivity index (χ1n) is 7.99. The number of nitrogens with one attached hydrogen (secondary N) is 2. The average molecular weight is 359 g/mol. The standard InChI is InChI=1S/C16H23ClN2O3S/c17-14-7-4-8-15(12-14)23(21,22)19-10-9-18-16(20)11-13-5-2-1-3-6-13/h4,7-8,12-13,19H,1-3,5-6,9-11H2,(H,18,20). The third kappa shape index (κ3) is 6.12. The normalized spacial score (nSPS) is 16.2. The van der Waals surface area contributed by atoms with E-state index in [1.54, 1.807) is 12.1 Å². The van der Waals surface area contributed by atoms with Crippen molar-refractivity contribution in [1.82, 2.24) is 10.0 Å². The molecule has 0 saturated heterocycles. The van der Waals surface area contributed by atoms with Gasteiger partial charge in [0.15, 0.2) is 0 Å². The maximum atomic E-state index is 12.1. The molecule has 0 radical (unpaired) electrons. The van der Waals surface area contributed by atoms with E-state index in [1.807, 2.05) is 0 Å². The van der Waals surface area contributed by atoms with Crippen LogP contribution in [0.2, 0.25) is 5.02 Å². The second-order valence-electron chi connectivity index (χ2n) is 5.91. The third-order valence-corrected chi connectivity index (χ3v) is 5.74. The Bertz CT molecular complexity index is 628. The van der Waals surface area contributed by atoms with Crippen molar-refractivity contribution in [2.45, 2.75) is 43.4 Å². The maximum absolute atomic E-state index is 12.1. The highest BCUT2D eigenvalue weighted by atomic mass is 35.5. The zero-order chi connectivity index (χ0) is 16.7. The van der Waals surface area contributed by atoms with Gasteiger partial charge < -0.3 is 5.32 Å². The molecule has 0 unspecified atom stereocenters. The van der Waals surface area contributed by atoms with Gasteiger partial charge in [-0.15, -0.1) is 0 Å². The SMILES string of the molecule is O=C(CC1CCCCC1)NCCNS(=O)(=O)c1cccc(Cl)c1. The van der Waals surface area contributed by atoms with Gasteiger partial charge >= 0.3 is 0 Å². The van der Waals surface area contributed by atoms with Gasteiger partial charge in [-0.1, -0.05) is 36.9 Å². The van der Waals surface area contributed by atoms with E-state index in [0.717, 1.165) is 12.8 Å². The number of amides is 1. The Hall–Kier alpha value is -1.11. The molecule has 5 nitrogen and oxygen atoms in total. The lowest BCUT2D eigenvalue weighted by Gasteiger charge is -2.20. The number of halogens is 1. The zero-order valence-corrected chi connectivity index (χ0v) is 14.6. The van der Waals surface area contributed by atoms with Gasteiger partial charge in [0, 0.05) is 24.5 Å². The van der Waals surface area contributed by atoms with Crippen LogP contribution in [0.4, 0.5) is 0 Å². The lowest BCUT2D eigenvalue weighted by molar-refractivity contribution is -0.122. The summed E-state index contributed by atoms with van der Waals surface area (Å²) in [4.78, 5) is 12.0. The van der Waals surface area contributed by atoms with Crippen molar-refractivity contribution in [1.29, 1.82) is 0 Å². The van der Waals surface area contributed by atoms with Crippen molar-refractivity contribution < 1.29 is 13.2 Å². The van der Waals surface area contributed by atoms with Gasteiger partial charge in [0.05, 0.1) is 4.90 Å². The lowest BCUT2D eigenvalue weighted by atomic mass is 9.87. The summed E-state index contributed by atoms with van der Waals surface area (Å²) in [5.74, 6) is 0.478. The van der Waals surface area contributed by atoms with Gasteiger partial charge in [0.1, 0.15) is 0 Å². The molecule has 0 aliphatic heterocycles. The molecule has 1 fully saturated rings. The van der Waals surface area contributed by atoms with E-state index in [2.05, 4.69) is 10.0 Å². The quantitative estimate of drug-likeness (QED) is 0.736. The molecule has 1 amide bonds. The topological polar surface area (TPSA) is 75.3 Å². The molecule has 2 N–H and O–H groups in total. The Morgan fingerprint density at radius 2 is 1.91 bits per heavy atom. The number of benzene rings is 1. The predicted molar refractivity (Wildman–Crippen MR) is 90.8 cm³/mol. The molecule has 1 saturated carbocycles. The van der Waals surface area contributed by atoms with E-state index >= 15 is 0 Å². The summed E-state index contributed by atoms with van der Waals surface area (Å²) < 4.78 is 26.6. The summed E-state index contributed by atoms with van der Waals surface area (Å²) >= 11 is 5.80. The Balaban J connectivity index is 1.71. The van der Waals surface area contributed by atoms with E-state index in [0.29, 0.717) is 17.4 Å². The molecule has 23 heavy (non-hydrogen) atoms. The van der Waals surface area contributed by atoms with Crippen LogP contribution in [0.5, 0.6) is 0 Å². The summed E-state index contributed by atoms with van der Waals surface area (Å²) in [6.45, 7) is 0.441. The average Bonchev–Trinajstić information content (AvgIpc) is 2.53. The van der Waals surface area contributed by atoms with Crippen molar-refractivity contribution >= 4 is 27.5 Å². The van der Waals surface area contributed by atoms with Crippen LogP contribution in [0.1, 0.15) is 38.5 Å². The van der Waals surface area contributed by atoms with Gasteiger partial charge in [-0.2, -0.15) is 0 Å². The highest BCUT2D eigenvalue weighted by Crippen LogP contribution is 2.25. The minimum atomic E-state index is -3.59. The molecule has 1 aliphatic carbocycles. The smallest absolute Gasteiger partial charge is 0.240 e. The molecular formula is C16H23ClN2O3S. The van der Waals surface area contributed by atoms with Crippen LogP contribution in [0.15, 0.2) is 29.2 Å². The molecule has 2 rings (SSSR count). The molecule has 0 aromatic heterocycles. The molecule has 1 aliphatic rings. The van der Waals surface area contributed by atoms with E-state index < -0.39 is 10.0 Å². The fourth-order valence-electron chi connectivity index (χ4n) is 2.83. The minimum absolute atomic E-state index is 0.00106. The fraction of sp³-hybridized carbons (Fsp3) is 0.562. The van der Waals surface area contributed by atoms with Crippen molar-refractivity contribution in [2.24, 2.45) is 5.92 Å². The largest absolute Gasteiger partial charge is 0.355 e. The summed E-state index contributed by atoms with van der Waals surface area (Å²) in [5.41, 5.74) is 0. The number of carbonyl (C=O) groups is 1. The van der Waals surface area contributed by atoms with Crippen LogP contribution < -0.4 is 10.0 Å². The van der Waals surface area contributed by atoms with E-state index in [4.69, 9.17) is 11.6 Å². The van der Waals surface area contributed by atoms with E-state index in [-0.39, 0.29) is 23.9 Å². The number of carbonyl (C=O) groups excluding carboxylic acids is 1. The van der Waals surface area contributed by atoms with Crippen LogP contribution in [0.25, 0.3) is 0 Å². The molecule has 0 spiro atoms. The predicted octanol–water partition coefficient (Wildman–Crippen LogP) is 2.70. The molecule has 1 aromatic rings. The van der Waals surface area contributed by atoms with Crippen LogP contribution in [0.3, 0.4) is 0 Å². The second kappa shape index (κ2) is 8.66.